The zero-order valence-corrected chi connectivity index (χ0v) is 24.8. The van der Waals surface area contributed by atoms with Gasteiger partial charge in [-0.2, -0.15) is 12.7 Å². The number of carbonyl (C=O) groups excluding carboxylic acids is 1. The summed E-state index contributed by atoms with van der Waals surface area (Å²) in [7, 11) is -4.00. The van der Waals surface area contributed by atoms with E-state index in [1.165, 1.54) is 4.31 Å². The maximum absolute atomic E-state index is 13.9. The topological polar surface area (TPSA) is 88.6 Å². The summed E-state index contributed by atoms with van der Waals surface area (Å²) in [5.41, 5.74) is 4.34. The van der Waals surface area contributed by atoms with Crippen LogP contribution in [0.3, 0.4) is 0 Å². The van der Waals surface area contributed by atoms with Crippen LogP contribution in [0, 0.1) is 13.8 Å². The number of nitrogens with one attached hydrogen (secondary N) is 1. The molecule has 6 rings (SSSR count). The fourth-order valence-corrected chi connectivity index (χ4v) is 7.78. The number of ether oxygens (including phenoxy) is 1. The molecule has 1 N–H and O–H groups in total. The number of rotatable bonds is 7. The Bertz CT molecular complexity index is 1880. The first-order chi connectivity index (χ1) is 19.7. The normalized spacial score (nSPS) is 14.9. The Kier molecular flexibility index (Phi) is 7.27. The van der Waals surface area contributed by atoms with Crippen molar-refractivity contribution in [1.82, 2.24) is 14.0 Å². The van der Waals surface area contributed by atoms with Gasteiger partial charge in [-0.3, -0.25) is 4.79 Å². The quantitative estimate of drug-likeness (QED) is 0.223. The van der Waals surface area contributed by atoms with Crippen LogP contribution in [0.5, 0.6) is 5.75 Å². The molecule has 1 saturated heterocycles. The fourth-order valence-electron chi connectivity index (χ4n) is 5.40. The molecule has 1 unspecified atom stereocenters. The molecule has 41 heavy (non-hydrogen) atoms. The molecule has 1 aliphatic heterocycles. The number of amides is 1. The lowest BCUT2D eigenvalue weighted by molar-refractivity contribution is 0.0980. The van der Waals surface area contributed by atoms with E-state index in [0.29, 0.717) is 35.4 Å². The van der Waals surface area contributed by atoms with Gasteiger partial charge in [0.1, 0.15) is 11.9 Å². The Morgan fingerprint density at radius 3 is 2.44 bits per heavy atom. The van der Waals surface area contributed by atoms with Crippen LogP contribution in [0.25, 0.3) is 31.6 Å². The SMILES string of the molecule is Cc1c(-c2cc(C(=O)NS(=O)(=O)N3CCCC3)c3c(OC(C)c4ccccc4)ccc(C)c3n2)sc2ccccc12. The summed E-state index contributed by atoms with van der Waals surface area (Å²) in [4.78, 5) is 19.9. The number of aromatic nitrogens is 1. The molecule has 5 aromatic rings. The van der Waals surface area contributed by atoms with E-state index >= 15 is 0 Å². The summed E-state index contributed by atoms with van der Waals surface area (Å²) in [6.07, 6.45) is 1.24. The Labute approximate surface area is 244 Å². The summed E-state index contributed by atoms with van der Waals surface area (Å²) in [5.74, 6) is -0.232. The van der Waals surface area contributed by atoms with Gasteiger partial charge in [-0.25, -0.2) is 9.71 Å². The van der Waals surface area contributed by atoms with Crippen LogP contribution in [-0.4, -0.2) is 36.7 Å². The van der Waals surface area contributed by atoms with Crippen LogP contribution in [0.1, 0.15) is 52.9 Å². The predicted octanol–water partition coefficient (Wildman–Crippen LogP) is 6.94. The lowest BCUT2D eigenvalue weighted by Crippen LogP contribution is -2.42. The number of pyridine rings is 1. The van der Waals surface area contributed by atoms with Gasteiger partial charge in [0.15, 0.2) is 0 Å². The Morgan fingerprint density at radius 2 is 1.71 bits per heavy atom. The molecule has 210 valence electrons. The maximum atomic E-state index is 13.9. The largest absolute Gasteiger partial charge is 0.485 e. The number of nitrogens with zero attached hydrogens (tertiary/aromatic N) is 2. The molecule has 2 aromatic heterocycles. The van der Waals surface area contributed by atoms with Gasteiger partial charge >= 0.3 is 10.2 Å². The standard InChI is InChI=1S/C32H31N3O4S2/c1-20-15-16-27(39-22(3)23-11-5-4-6-12-23)29-25(32(36)34-41(37,38)35-17-9-10-18-35)19-26(33-30(20)29)31-21(2)24-13-7-8-14-28(24)40-31/h4-8,11-16,19,22H,9-10,17-18H2,1-3H3,(H,34,36). The van der Waals surface area contributed by atoms with Crippen LogP contribution in [0.2, 0.25) is 0 Å². The second-order valence-electron chi connectivity index (χ2n) is 10.4. The molecule has 0 aliphatic carbocycles. The van der Waals surface area contributed by atoms with Crippen molar-refractivity contribution in [3.8, 4) is 16.3 Å². The van der Waals surface area contributed by atoms with Crippen LogP contribution in [0.4, 0.5) is 0 Å². The van der Waals surface area contributed by atoms with E-state index in [0.717, 1.165) is 44.5 Å². The summed E-state index contributed by atoms with van der Waals surface area (Å²) >= 11 is 1.61. The Morgan fingerprint density at radius 1 is 1.00 bits per heavy atom. The average Bonchev–Trinajstić information content (AvgIpc) is 3.64. The molecule has 9 heteroatoms. The molecular weight excluding hydrogens is 555 g/mol. The number of thiophene rings is 1. The molecular formula is C32H31N3O4S2. The van der Waals surface area contributed by atoms with Gasteiger partial charge in [-0.1, -0.05) is 54.6 Å². The van der Waals surface area contributed by atoms with Crippen molar-refractivity contribution in [3.63, 3.8) is 0 Å². The summed E-state index contributed by atoms with van der Waals surface area (Å²) in [6, 6.07) is 23.4. The van der Waals surface area contributed by atoms with Gasteiger partial charge in [0, 0.05) is 17.8 Å². The molecule has 0 bridgehead atoms. The van der Waals surface area contributed by atoms with Crippen molar-refractivity contribution in [2.45, 2.75) is 39.7 Å². The maximum Gasteiger partial charge on any atom is 0.304 e. The first-order valence-corrected chi connectivity index (χ1v) is 16.0. The van der Waals surface area contributed by atoms with Crippen molar-refractivity contribution < 1.29 is 17.9 Å². The van der Waals surface area contributed by atoms with E-state index in [1.54, 1.807) is 17.4 Å². The highest BCUT2D eigenvalue weighted by Crippen LogP contribution is 2.41. The van der Waals surface area contributed by atoms with Crippen molar-refractivity contribution in [1.29, 1.82) is 0 Å². The van der Waals surface area contributed by atoms with Crippen molar-refractivity contribution in [2.75, 3.05) is 13.1 Å². The molecule has 1 aliphatic rings. The minimum Gasteiger partial charge on any atom is -0.485 e. The third-order valence-electron chi connectivity index (χ3n) is 7.64. The van der Waals surface area contributed by atoms with E-state index in [9.17, 15) is 13.2 Å². The monoisotopic (exact) mass is 585 g/mol. The summed E-state index contributed by atoms with van der Waals surface area (Å²) < 4.78 is 37.5. The second kappa shape index (κ2) is 10.9. The zero-order chi connectivity index (χ0) is 28.7. The average molecular weight is 586 g/mol. The van der Waals surface area contributed by atoms with Crippen LogP contribution in [-0.2, 0) is 10.2 Å². The molecule has 1 fully saturated rings. The minimum absolute atomic E-state index is 0.212. The van der Waals surface area contributed by atoms with Gasteiger partial charge in [-0.05, 0) is 73.9 Å². The van der Waals surface area contributed by atoms with Gasteiger partial charge in [0.25, 0.3) is 5.91 Å². The van der Waals surface area contributed by atoms with Crippen LogP contribution in [0.15, 0.2) is 72.8 Å². The smallest absolute Gasteiger partial charge is 0.304 e. The van der Waals surface area contributed by atoms with E-state index in [2.05, 4.69) is 16.9 Å². The highest BCUT2D eigenvalue weighted by molar-refractivity contribution is 7.87. The van der Waals surface area contributed by atoms with E-state index in [4.69, 9.17) is 9.72 Å². The third kappa shape index (κ3) is 5.21. The fraction of sp³-hybridized carbons (Fsp3) is 0.250. The second-order valence-corrected chi connectivity index (χ2v) is 13.1. The Hall–Kier alpha value is -3.79. The lowest BCUT2D eigenvalue weighted by Gasteiger charge is -2.20. The first kappa shape index (κ1) is 27.4. The molecule has 1 atom stereocenters. The number of benzene rings is 3. The van der Waals surface area contributed by atoms with Crippen molar-refractivity contribution >= 4 is 48.4 Å². The van der Waals surface area contributed by atoms with Crippen molar-refractivity contribution in [2.24, 2.45) is 0 Å². The third-order valence-corrected chi connectivity index (χ3v) is 10.4. The summed E-state index contributed by atoms with van der Waals surface area (Å²) in [6.45, 7) is 6.72. The minimum atomic E-state index is -4.00. The van der Waals surface area contributed by atoms with E-state index < -0.39 is 16.1 Å². The predicted molar refractivity (Wildman–Crippen MR) is 165 cm³/mol. The van der Waals surface area contributed by atoms with E-state index in [1.807, 2.05) is 75.4 Å². The molecule has 3 heterocycles. The van der Waals surface area contributed by atoms with Gasteiger partial charge < -0.3 is 4.74 Å². The highest BCUT2D eigenvalue weighted by Gasteiger charge is 2.29. The lowest BCUT2D eigenvalue weighted by atomic mass is 10.0. The van der Waals surface area contributed by atoms with Crippen LogP contribution < -0.4 is 9.46 Å². The number of hydrogen-bond acceptors (Lipinski definition) is 6. The molecule has 0 radical (unpaired) electrons. The van der Waals surface area contributed by atoms with E-state index in [-0.39, 0.29) is 11.7 Å². The summed E-state index contributed by atoms with van der Waals surface area (Å²) in [5, 5.41) is 1.62. The number of hydrogen-bond donors (Lipinski definition) is 1. The first-order valence-electron chi connectivity index (χ1n) is 13.7. The molecule has 0 spiro atoms. The number of fused-ring (bicyclic) bond motifs is 2. The van der Waals surface area contributed by atoms with Gasteiger partial charge in [-0.15, -0.1) is 11.3 Å². The zero-order valence-electron chi connectivity index (χ0n) is 23.2. The molecule has 1 amide bonds. The number of carbonyl (C=O) groups is 1. The molecule has 7 nitrogen and oxygen atoms in total. The highest BCUT2D eigenvalue weighted by atomic mass is 32.2. The van der Waals surface area contributed by atoms with Gasteiger partial charge in [0.2, 0.25) is 0 Å². The van der Waals surface area contributed by atoms with Gasteiger partial charge in [0.05, 0.1) is 27.0 Å². The number of aryl methyl sites for hydroxylation is 2. The van der Waals surface area contributed by atoms with Crippen LogP contribution >= 0.6 is 11.3 Å². The molecule has 0 saturated carbocycles. The van der Waals surface area contributed by atoms with Crippen molar-refractivity contribution in [3.05, 3.63) is 95.1 Å². The Balaban J connectivity index is 1.53. The molecule has 3 aromatic carbocycles.